The summed E-state index contributed by atoms with van der Waals surface area (Å²) in [6.45, 7) is 4.27. The van der Waals surface area contributed by atoms with Crippen LogP contribution in [-0.4, -0.2) is 100 Å². The molecule has 0 aromatic heterocycles. The zero-order valence-electron chi connectivity index (χ0n) is 45.7. The number of unbranched alkanes of at least 4 members (excludes halogenated alkanes) is 33. The standard InChI is InChI=1S/C60H111NO10/c1-3-5-7-9-11-13-15-27-30-34-38-42-46-53(63)52(51-70-60-59(68)58(67)57(66)54(50-62)71-60)61-55(64)47-43-39-35-31-28-24-22-20-18-16-17-19-21-23-25-29-33-37-41-45-49-69-56(65)48-44-40-36-32-26-14-12-10-8-6-4-2/h9,11,27,30,42,46,52-54,57-60,62-63,66-68H,3-8,10,12-26,28-29,31-41,43-45,47-51H2,1-2H3,(H,61,64)/b11-9+,30-27+,46-42+. The van der Waals surface area contributed by atoms with Gasteiger partial charge in [-0.1, -0.05) is 243 Å². The van der Waals surface area contributed by atoms with Crippen LogP contribution in [0, 0.1) is 0 Å². The summed E-state index contributed by atoms with van der Waals surface area (Å²) in [6.07, 6.45) is 51.0. The third kappa shape index (κ3) is 39.9. The fourth-order valence-electron chi connectivity index (χ4n) is 9.22. The van der Waals surface area contributed by atoms with Crippen LogP contribution in [-0.2, 0) is 23.8 Å². The van der Waals surface area contributed by atoms with Gasteiger partial charge in [0.05, 0.1) is 32.0 Å². The number of aliphatic hydroxyl groups is 5. The van der Waals surface area contributed by atoms with E-state index in [2.05, 4.69) is 43.5 Å². The lowest BCUT2D eigenvalue weighted by Gasteiger charge is -2.40. The van der Waals surface area contributed by atoms with E-state index in [1.54, 1.807) is 6.08 Å². The predicted molar refractivity (Wildman–Crippen MR) is 292 cm³/mol. The molecule has 0 saturated carbocycles. The summed E-state index contributed by atoms with van der Waals surface area (Å²) >= 11 is 0. The molecule has 0 aromatic rings. The molecule has 7 unspecified atom stereocenters. The molecule has 6 N–H and O–H groups in total. The number of carbonyl (C=O) groups is 2. The highest BCUT2D eigenvalue weighted by Gasteiger charge is 2.44. The molecule has 1 heterocycles. The van der Waals surface area contributed by atoms with E-state index >= 15 is 0 Å². The molecule has 1 aliphatic rings. The molecule has 1 aliphatic heterocycles. The molecule has 1 saturated heterocycles. The Balaban J connectivity index is 2.07. The summed E-state index contributed by atoms with van der Waals surface area (Å²) in [6, 6.07) is -0.835. The van der Waals surface area contributed by atoms with Crippen LogP contribution in [0.1, 0.15) is 271 Å². The van der Waals surface area contributed by atoms with E-state index in [1.807, 2.05) is 6.08 Å². The Morgan fingerprint density at radius 1 is 0.507 bits per heavy atom. The third-order valence-corrected chi connectivity index (χ3v) is 14.0. The van der Waals surface area contributed by atoms with Crippen LogP contribution >= 0.6 is 0 Å². The summed E-state index contributed by atoms with van der Waals surface area (Å²) in [5.41, 5.74) is 0. The highest BCUT2D eigenvalue weighted by Crippen LogP contribution is 2.23. The number of hydrogen-bond acceptors (Lipinski definition) is 10. The van der Waals surface area contributed by atoms with Gasteiger partial charge in [-0.2, -0.15) is 0 Å². The van der Waals surface area contributed by atoms with Gasteiger partial charge in [-0.3, -0.25) is 9.59 Å². The van der Waals surface area contributed by atoms with Crippen LogP contribution in [0.3, 0.4) is 0 Å². The fraction of sp³-hybridized carbons (Fsp3) is 0.867. The molecule has 0 aliphatic carbocycles. The van der Waals surface area contributed by atoms with Crippen molar-refractivity contribution in [1.29, 1.82) is 0 Å². The Kier molecular flexibility index (Phi) is 47.2. The van der Waals surface area contributed by atoms with Gasteiger partial charge in [0.15, 0.2) is 6.29 Å². The molecule has 416 valence electrons. The van der Waals surface area contributed by atoms with Gasteiger partial charge < -0.3 is 45.1 Å². The molecule has 7 atom stereocenters. The van der Waals surface area contributed by atoms with E-state index < -0.39 is 49.5 Å². The minimum absolute atomic E-state index is 0.00479. The number of carbonyl (C=O) groups excluding carboxylic acids is 2. The van der Waals surface area contributed by atoms with Crippen molar-refractivity contribution in [3.8, 4) is 0 Å². The van der Waals surface area contributed by atoms with Gasteiger partial charge in [-0.25, -0.2) is 0 Å². The summed E-state index contributed by atoms with van der Waals surface area (Å²) < 4.78 is 16.7. The van der Waals surface area contributed by atoms with E-state index in [9.17, 15) is 35.1 Å². The molecule has 1 rings (SSSR count). The Bertz CT molecular complexity index is 1280. The second-order valence-electron chi connectivity index (χ2n) is 20.7. The molecule has 1 fully saturated rings. The molecule has 0 spiro atoms. The monoisotopic (exact) mass is 1010 g/mol. The first-order valence-corrected chi connectivity index (χ1v) is 29.8. The average molecular weight is 1010 g/mol. The number of rotatable bonds is 51. The lowest BCUT2D eigenvalue weighted by Crippen LogP contribution is -2.60. The Hall–Kier alpha value is -2.12. The predicted octanol–water partition coefficient (Wildman–Crippen LogP) is 13.5. The summed E-state index contributed by atoms with van der Waals surface area (Å²) in [7, 11) is 0. The molecule has 71 heavy (non-hydrogen) atoms. The molecule has 11 heteroatoms. The van der Waals surface area contributed by atoms with E-state index in [0.717, 1.165) is 77.0 Å². The number of aliphatic hydroxyl groups excluding tert-OH is 5. The van der Waals surface area contributed by atoms with Crippen LogP contribution in [0.2, 0.25) is 0 Å². The normalized spacial score (nSPS) is 19.3. The lowest BCUT2D eigenvalue weighted by molar-refractivity contribution is -0.302. The van der Waals surface area contributed by atoms with Crippen LogP contribution in [0.4, 0.5) is 0 Å². The molecular formula is C60H111NO10. The number of allylic oxidation sites excluding steroid dienone is 5. The van der Waals surface area contributed by atoms with Crippen LogP contribution in [0.15, 0.2) is 36.5 Å². The summed E-state index contributed by atoms with van der Waals surface area (Å²) in [5, 5.41) is 54.3. The number of hydrogen-bond donors (Lipinski definition) is 6. The maximum absolute atomic E-state index is 13.0. The highest BCUT2D eigenvalue weighted by molar-refractivity contribution is 5.76. The largest absolute Gasteiger partial charge is 0.466 e. The topological polar surface area (TPSA) is 175 Å². The van der Waals surface area contributed by atoms with E-state index in [0.29, 0.717) is 19.4 Å². The van der Waals surface area contributed by atoms with Gasteiger partial charge in [0.2, 0.25) is 5.91 Å². The number of amides is 1. The van der Waals surface area contributed by atoms with Gasteiger partial charge in [-0.05, 0) is 51.4 Å². The van der Waals surface area contributed by atoms with Crippen molar-refractivity contribution in [2.75, 3.05) is 19.8 Å². The zero-order valence-corrected chi connectivity index (χ0v) is 45.7. The van der Waals surface area contributed by atoms with E-state index in [1.165, 1.54) is 167 Å². The quantitative estimate of drug-likeness (QED) is 0.0195. The van der Waals surface area contributed by atoms with Gasteiger partial charge in [-0.15, -0.1) is 0 Å². The van der Waals surface area contributed by atoms with Crippen molar-refractivity contribution >= 4 is 11.9 Å². The summed E-state index contributed by atoms with van der Waals surface area (Å²) in [5.74, 6) is -0.204. The summed E-state index contributed by atoms with van der Waals surface area (Å²) in [4.78, 5) is 25.0. The van der Waals surface area contributed by atoms with Gasteiger partial charge in [0, 0.05) is 12.8 Å². The van der Waals surface area contributed by atoms with Crippen molar-refractivity contribution in [2.45, 2.75) is 314 Å². The van der Waals surface area contributed by atoms with Crippen molar-refractivity contribution in [1.82, 2.24) is 5.32 Å². The maximum atomic E-state index is 13.0. The highest BCUT2D eigenvalue weighted by atomic mass is 16.7. The van der Waals surface area contributed by atoms with Gasteiger partial charge in [0.25, 0.3) is 0 Å². The zero-order chi connectivity index (χ0) is 51.7. The third-order valence-electron chi connectivity index (χ3n) is 14.0. The molecule has 0 aromatic carbocycles. The molecular weight excluding hydrogens is 895 g/mol. The van der Waals surface area contributed by atoms with Crippen molar-refractivity contribution < 1.29 is 49.3 Å². The SMILES string of the molecule is CCCC/C=C/CC/C=C/CC/C=C/C(O)C(COC1OC(CO)C(O)C(O)C1O)NC(=O)CCCCCCCCCCCCCCCCCCCCCCOC(=O)CCCCCCCCCCCCC. The molecule has 0 radical (unpaired) electrons. The van der Waals surface area contributed by atoms with Crippen LogP contribution in [0.5, 0.6) is 0 Å². The average Bonchev–Trinajstić information content (AvgIpc) is 3.37. The number of esters is 1. The molecule has 11 nitrogen and oxygen atoms in total. The van der Waals surface area contributed by atoms with Crippen molar-refractivity contribution in [2.24, 2.45) is 0 Å². The molecule has 1 amide bonds. The Morgan fingerprint density at radius 2 is 0.915 bits per heavy atom. The van der Waals surface area contributed by atoms with Gasteiger partial charge >= 0.3 is 5.97 Å². The van der Waals surface area contributed by atoms with Crippen molar-refractivity contribution in [3.63, 3.8) is 0 Å². The van der Waals surface area contributed by atoms with Gasteiger partial charge in [0.1, 0.15) is 24.4 Å². The fourth-order valence-corrected chi connectivity index (χ4v) is 9.22. The van der Waals surface area contributed by atoms with Crippen molar-refractivity contribution in [3.05, 3.63) is 36.5 Å². The van der Waals surface area contributed by atoms with E-state index in [4.69, 9.17) is 14.2 Å². The first-order chi connectivity index (χ1) is 34.7. The smallest absolute Gasteiger partial charge is 0.305 e. The number of ether oxygens (including phenoxy) is 3. The lowest BCUT2D eigenvalue weighted by atomic mass is 9.99. The second-order valence-corrected chi connectivity index (χ2v) is 20.7. The van der Waals surface area contributed by atoms with Crippen LogP contribution < -0.4 is 5.32 Å². The Labute approximate surface area is 434 Å². The molecule has 0 bridgehead atoms. The minimum atomic E-state index is -1.58. The van der Waals surface area contributed by atoms with Crippen LogP contribution in [0.25, 0.3) is 0 Å². The minimum Gasteiger partial charge on any atom is -0.466 e. The first kappa shape index (κ1) is 66.9. The Morgan fingerprint density at radius 3 is 1.38 bits per heavy atom. The first-order valence-electron chi connectivity index (χ1n) is 29.8. The van der Waals surface area contributed by atoms with E-state index in [-0.39, 0.29) is 18.5 Å². The second kappa shape index (κ2) is 50.1. The number of nitrogens with one attached hydrogen (secondary N) is 1. The maximum Gasteiger partial charge on any atom is 0.305 e.